The summed E-state index contributed by atoms with van der Waals surface area (Å²) in [6.07, 6.45) is 0. The maximum absolute atomic E-state index is 5.58. The van der Waals surface area contributed by atoms with Crippen molar-refractivity contribution >= 4 is 0 Å². The van der Waals surface area contributed by atoms with E-state index in [0.29, 0.717) is 6.61 Å². The van der Waals surface area contributed by atoms with Crippen LogP contribution < -0.4 is 9.47 Å². The van der Waals surface area contributed by atoms with Crippen LogP contribution in [0.1, 0.15) is 5.56 Å². The Bertz CT molecular complexity index is 437. The lowest BCUT2D eigenvalue weighted by molar-refractivity contribution is 0.304. The first-order valence-electron chi connectivity index (χ1n) is 5.11. The first kappa shape index (κ1) is 10.6. The van der Waals surface area contributed by atoms with E-state index in [1.54, 1.807) is 7.11 Å². The average molecular weight is 213 g/mol. The minimum atomic E-state index is 0.526. The van der Waals surface area contributed by atoms with Crippen LogP contribution in [-0.2, 0) is 6.61 Å². The van der Waals surface area contributed by atoms with Gasteiger partial charge in [-0.2, -0.15) is 0 Å². The molecule has 0 aromatic heterocycles. The van der Waals surface area contributed by atoms with Gasteiger partial charge in [-0.15, -0.1) is 0 Å². The van der Waals surface area contributed by atoms with Gasteiger partial charge < -0.3 is 9.47 Å². The van der Waals surface area contributed by atoms with Crippen LogP contribution in [0.25, 0.3) is 0 Å². The summed E-state index contributed by atoms with van der Waals surface area (Å²) >= 11 is 0. The predicted octanol–water partition coefficient (Wildman–Crippen LogP) is 3.07. The van der Waals surface area contributed by atoms with Gasteiger partial charge in [0.15, 0.2) is 0 Å². The molecule has 0 N–H and O–H groups in total. The van der Waals surface area contributed by atoms with Crippen molar-refractivity contribution in [3.05, 3.63) is 60.2 Å². The highest BCUT2D eigenvalue weighted by molar-refractivity contribution is 5.28. The maximum atomic E-state index is 5.58. The number of methoxy groups -OCH3 is 1. The van der Waals surface area contributed by atoms with Gasteiger partial charge in [-0.05, 0) is 23.8 Å². The Kier molecular flexibility index (Phi) is 3.44. The molecule has 0 aliphatic heterocycles. The second-order valence-corrected chi connectivity index (χ2v) is 3.37. The van der Waals surface area contributed by atoms with Crippen molar-refractivity contribution in [2.45, 2.75) is 6.61 Å². The summed E-state index contributed by atoms with van der Waals surface area (Å²) in [6, 6.07) is 18.4. The van der Waals surface area contributed by atoms with Gasteiger partial charge in [-0.3, -0.25) is 0 Å². The fourth-order valence-corrected chi connectivity index (χ4v) is 1.39. The molecule has 2 aromatic rings. The molecule has 2 rings (SSSR count). The lowest BCUT2D eigenvalue weighted by Gasteiger charge is -2.06. The van der Waals surface area contributed by atoms with E-state index in [0.717, 1.165) is 17.1 Å². The van der Waals surface area contributed by atoms with E-state index < -0.39 is 0 Å². The molecule has 2 aromatic carbocycles. The highest BCUT2D eigenvalue weighted by Crippen LogP contribution is 2.15. The summed E-state index contributed by atoms with van der Waals surface area (Å²) in [7, 11) is 1.66. The summed E-state index contributed by atoms with van der Waals surface area (Å²) in [5.74, 6) is 1.60. The van der Waals surface area contributed by atoms with Crippen molar-refractivity contribution in [1.29, 1.82) is 0 Å². The van der Waals surface area contributed by atoms with Crippen molar-refractivity contribution in [2.75, 3.05) is 7.11 Å². The van der Waals surface area contributed by atoms with Gasteiger partial charge in [0.25, 0.3) is 0 Å². The highest BCUT2D eigenvalue weighted by atomic mass is 16.5. The Morgan fingerprint density at radius 2 is 2.06 bits per heavy atom. The monoisotopic (exact) mass is 213 g/mol. The van der Waals surface area contributed by atoms with E-state index in [-0.39, 0.29) is 0 Å². The molecule has 0 bridgehead atoms. The molecular weight excluding hydrogens is 200 g/mol. The Morgan fingerprint density at radius 1 is 1.12 bits per heavy atom. The summed E-state index contributed by atoms with van der Waals surface area (Å²) in [6.45, 7) is 0.526. The standard InChI is InChI=1S/C14H13O2/c1-15-14-9-5-6-12(10-14)11-16-13-7-3-2-4-8-13/h2-7,9-10H,11H2,1H3. The van der Waals surface area contributed by atoms with Crippen LogP contribution in [0.3, 0.4) is 0 Å². The van der Waals surface area contributed by atoms with Crippen molar-refractivity contribution in [2.24, 2.45) is 0 Å². The van der Waals surface area contributed by atoms with E-state index in [2.05, 4.69) is 6.07 Å². The quantitative estimate of drug-likeness (QED) is 0.777. The van der Waals surface area contributed by atoms with Crippen LogP contribution >= 0.6 is 0 Å². The minimum absolute atomic E-state index is 0.526. The van der Waals surface area contributed by atoms with Crippen LogP contribution in [0.15, 0.2) is 48.5 Å². The molecule has 0 heterocycles. The molecule has 0 unspecified atom stereocenters. The number of ether oxygens (including phenoxy) is 2. The Balaban J connectivity index is 1.99. The van der Waals surface area contributed by atoms with Crippen molar-refractivity contribution in [3.63, 3.8) is 0 Å². The Morgan fingerprint density at radius 3 is 2.81 bits per heavy atom. The van der Waals surface area contributed by atoms with E-state index in [1.165, 1.54) is 0 Å². The molecule has 1 radical (unpaired) electrons. The first-order chi connectivity index (χ1) is 7.88. The minimum Gasteiger partial charge on any atom is -0.497 e. The van der Waals surface area contributed by atoms with Gasteiger partial charge in [0, 0.05) is 6.07 Å². The summed E-state index contributed by atoms with van der Waals surface area (Å²) in [5, 5.41) is 0. The van der Waals surface area contributed by atoms with Gasteiger partial charge in [0.05, 0.1) is 7.11 Å². The predicted molar refractivity (Wildman–Crippen MR) is 62.6 cm³/mol. The van der Waals surface area contributed by atoms with Gasteiger partial charge >= 0.3 is 0 Å². The van der Waals surface area contributed by atoms with Crippen LogP contribution in [-0.4, -0.2) is 7.11 Å². The summed E-state index contributed by atoms with van der Waals surface area (Å²) in [4.78, 5) is 0. The topological polar surface area (TPSA) is 18.5 Å². The molecule has 0 atom stereocenters. The summed E-state index contributed by atoms with van der Waals surface area (Å²) in [5.41, 5.74) is 1.08. The Hall–Kier alpha value is -1.96. The largest absolute Gasteiger partial charge is 0.497 e. The second kappa shape index (κ2) is 5.21. The normalized spacial score (nSPS) is 9.81. The van der Waals surface area contributed by atoms with Gasteiger partial charge in [-0.1, -0.05) is 30.3 Å². The molecule has 2 heteroatoms. The molecule has 0 saturated heterocycles. The van der Waals surface area contributed by atoms with Crippen LogP contribution in [0.5, 0.6) is 11.5 Å². The number of rotatable bonds is 4. The highest BCUT2D eigenvalue weighted by Gasteiger charge is 1.97. The fourth-order valence-electron chi connectivity index (χ4n) is 1.39. The molecule has 0 spiro atoms. The van der Waals surface area contributed by atoms with Crippen LogP contribution in [0.4, 0.5) is 0 Å². The third-order valence-electron chi connectivity index (χ3n) is 2.21. The van der Waals surface area contributed by atoms with Crippen LogP contribution in [0.2, 0.25) is 0 Å². The molecule has 0 fully saturated rings. The molecule has 16 heavy (non-hydrogen) atoms. The average Bonchev–Trinajstić information content (AvgIpc) is 2.38. The summed E-state index contributed by atoms with van der Waals surface area (Å²) < 4.78 is 10.7. The molecule has 0 aliphatic rings. The zero-order valence-electron chi connectivity index (χ0n) is 9.14. The van der Waals surface area contributed by atoms with Crippen LogP contribution in [0, 0.1) is 6.07 Å². The molecule has 0 amide bonds. The molecular formula is C14H13O2. The Labute approximate surface area is 95.4 Å². The number of benzene rings is 2. The van der Waals surface area contributed by atoms with E-state index in [1.807, 2.05) is 48.5 Å². The number of para-hydroxylation sites is 1. The molecule has 2 nitrogen and oxygen atoms in total. The third kappa shape index (κ3) is 2.76. The fraction of sp³-hybridized carbons (Fsp3) is 0.143. The lowest BCUT2D eigenvalue weighted by Crippen LogP contribution is -1.95. The lowest BCUT2D eigenvalue weighted by atomic mass is 10.2. The zero-order chi connectivity index (χ0) is 11.2. The molecule has 81 valence electrons. The van der Waals surface area contributed by atoms with Gasteiger partial charge in [0.1, 0.15) is 18.1 Å². The number of hydrogen-bond donors (Lipinski definition) is 0. The second-order valence-electron chi connectivity index (χ2n) is 3.37. The molecule has 0 saturated carbocycles. The SMILES string of the molecule is COc1cccc(COc2[c]cccc2)c1. The van der Waals surface area contributed by atoms with Gasteiger partial charge in [0.2, 0.25) is 0 Å². The number of hydrogen-bond acceptors (Lipinski definition) is 2. The van der Waals surface area contributed by atoms with E-state index >= 15 is 0 Å². The van der Waals surface area contributed by atoms with Crippen molar-refractivity contribution in [1.82, 2.24) is 0 Å². The third-order valence-corrected chi connectivity index (χ3v) is 2.21. The zero-order valence-corrected chi connectivity index (χ0v) is 9.14. The van der Waals surface area contributed by atoms with Crippen molar-refractivity contribution < 1.29 is 9.47 Å². The maximum Gasteiger partial charge on any atom is 0.127 e. The molecule has 0 aliphatic carbocycles. The van der Waals surface area contributed by atoms with Crippen molar-refractivity contribution in [3.8, 4) is 11.5 Å². The smallest absolute Gasteiger partial charge is 0.127 e. The van der Waals surface area contributed by atoms with E-state index in [4.69, 9.17) is 9.47 Å². The first-order valence-corrected chi connectivity index (χ1v) is 5.11. The van der Waals surface area contributed by atoms with Gasteiger partial charge in [-0.25, -0.2) is 0 Å². The van der Waals surface area contributed by atoms with E-state index in [9.17, 15) is 0 Å².